The lowest BCUT2D eigenvalue weighted by atomic mass is 9.98. The molecule has 9 heteroatoms. The predicted molar refractivity (Wildman–Crippen MR) is 127 cm³/mol. The van der Waals surface area contributed by atoms with E-state index in [4.69, 9.17) is 24.7 Å². The molecular formula is C24H29N3O6. The van der Waals surface area contributed by atoms with Gasteiger partial charge in [0.1, 0.15) is 5.75 Å². The second kappa shape index (κ2) is 11.1. The van der Waals surface area contributed by atoms with Crippen LogP contribution in [0.25, 0.3) is 10.8 Å². The first-order chi connectivity index (χ1) is 15.5. The normalized spacial score (nSPS) is 10.2. The van der Waals surface area contributed by atoms with Crippen molar-refractivity contribution in [1.29, 1.82) is 0 Å². The van der Waals surface area contributed by atoms with E-state index in [0.29, 0.717) is 57.2 Å². The molecule has 2 aromatic carbocycles. The molecule has 0 fully saturated rings. The minimum Gasteiger partial charge on any atom is -0.493 e. The molecule has 33 heavy (non-hydrogen) atoms. The molecule has 0 aliphatic carbocycles. The number of ether oxygens (including phenoxy) is 4. The lowest BCUT2D eigenvalue weighted by molar-refractivity contribution is -0.114. The molecule has 0 unspecified atom stereocenters. The van der Waals surface area contributed by atoms with E-state index in [9.17, 15) is 9.59 Å². The third kappa shape index (κ3) is 4.98. The summed E-state index contributed by atoms with van der Waals surface area (Å²) >= 11 is 0. The molecule has 0 aliphatic heterocycles. The van der Waals surface area contributed by atoms with Gasteiger partial charge in [0.25, 0.3) is 0 Å². The third-order valence-corrected chi connectivity index (χ3v) is 4.83. The van der Waals surface area contributed by atoms with Gasteiger partial charge < -0.3 is 30.0 Å². The lowest BCUT2D eigenvalue weighted by Gasteiger charge is -2.16. The van der Waals surface area contributed by atoms with Gasteiger partial charge in [0, 0.05) is 28.9 Å². The highest BCUT2D eigenvalue weighted by Gasteiger charge is 2.21. The molecule has 0 spiro atoms. The van der Waals surface area contributed by atoms with Crippen LogP contribution in [0.5, 0.6) is 23.0 Å². The van der Waals surface area contributed by atoms with Gasteiger partial charge in [-0.2, -0.15) is 0 Å². The van der Waals surface area contributed by atoms with E-state index in [1.165, 1.54) is 27.5 Å². The van der Waals surface area contributed by atoms with Crippen LogP contribution in [-0.2, 0) is 4.79 Å². The van der Waals surface area contributed by atoms with Crippen LogP contribution in [0.15, 0.2) is 36.7 Å². The number of amides is 1. The van der Waals surface area contributed by atoms with Crippen molar-refractivity contribution in [3.63, 3.8) is 0 Å². The molecule has 1 heterocycles. The van der Waals surface area contributed by atoms with Crippen molar-refractivity contribution in [3.8, 4) is 23.0 Å². The number of nitrogens with two attached hydrogens (primary N) is 1. The van der Waals surface area contributed by atoms with Gasteiger partial charge >= 0.3 is 0 Å². The van der Waals surface area contributed by atoms with Crippen molar-refractivity contribution >= 4 is 28.2 Å². The summed E-state index contributed by atoms with van der Waals surface area (Å²) in [5.41, 5.74) is 6.54. The van der Waals surface area contributed by atoms with Gasteiger partial charge in [0.15, 0.2) is 17.3 Å². The quantitative estimate of drug-likeness (QED) is 0.471. The Morgan fingerprint density at radius 2 is 1.64 bits per heavy atom. The minimum absolute atomic E-state index is 0. The van der Waals surface area contributed by atoms with Gasteiger partial charge in [-0.05, 0) is 36.6 Å². The number of fused-ring (bicyclic) bond motifs is 1. The summed E-state index contributed by atoms with van der Waals surface area (Å²) in [7, 11) is 4.45. The number of rotatable bonds is 9. The van der Waals surface area contributed by atoms with Gasteiger partial charge in [-0.1, -0.05) is 7.43 Å². The maximum atomic E-state index is 13.5. The molecule has 3 N–H and O–H groups in total. The topological polar surface area (TPSA) is 122 Å². The van der Waals surface area contributed by atoms with Crippen molar-refractivity contribution in [2.45, 2.75) is 14.4 Å². The highest BCUT2D eigenvalue weighted by molar-refractivity contribution is 6.19. The first-order valence-corrected chi connectivity index (χ1v) is 9.87. The Morgan fingerprint density at radius 1 is 0.970 bits per heavy atom. The number of aromatic nitrogens is 1. The molecule has 9 nitrogen and oxygen atoms in total. The van der Waals surface area contributed by atoms with Crippen LogP contribution in [0, 0.1) is 0 Å². The van der Waals surface area contributed by atoms with Crippen molar-refractivity contribution in [1.82, 2.24) is 4.98 Å². The summed E-state index contributed by atoms with van der Waals surface area (Å²) in [5.74, 6) is 0.870. The van der Waals surface area contributed by atoms with Crippen LogP contribution >= 0.6 is 0 Å². The van der Waals surface area contributed by atoms with Crippen LogP contribution in [0.2, 0.25) is 0 Å². The molecule has 0 bridgehead atoms. The monoisotopic (exact) mass is 455 g/mol. The van der Waals surface area contributed by atoms with Crippen LogP contribution in [0.1, 0.15) is 30.3 Å². The Labute approximate surface area is 192 Å². The fourth-order valence-corrected chi connectivity index (χ4v) is 3.37. The molecule has 1 aromatic heterocycles. The smallest absolute Gasteiger partial charge is 0.238 e. The van der Waals surface area contributed by atoms with Gasteiger partial charge in [-0.25, -0.2) is 0 Å². The summed E-state index contributed by atoms with van der Waals surface area (Å²) in [6.45, 7) is 2.04. The van der Waals surface area contributed by atoms with Gasteiger partial charge in [-0.3, -0.25) is 14.6 Å². The Balaban J connectivity index is 0.00000385. The first-order valence-electron chi connectivity index (χ1n) is 9.87. The average molecular weight is 456 g/mol. The molecule has 176 valence electrons. The highest BCUT2D eigenvalue weighted by Crippen LogP contribution is 2.40. The highest BCUT2D eigenvalue weighted by atomic mass is 16.5. The summed E-state index contributed by atoms with van der Waals surface area (Å²) in [6, 6.07) is 6.61. The zero-order valence-electron chi connectivity index (χ0n) is 18.4. The van der Waals surface area contributed by atoms with E-state index in [0.717, 1.165) is 0 Å². The summed E-state index contributed by atoms with van der Waals surface area (Å²) in [6.07, 6.45) is 3.04. The van der Waals surface area contributed by atoms with Crippen molar-refractivity contribution in [3.05, 3.63) is 47.8 Å². The molecule has 0 atom stereocenters. The molecule has 0 saturated carbocycles. The molecular weight excluding hydrogens is 426 g/mol. The SMILES string of the molecule is C.CCOc1ccc2c(C(=O)c3cc(OC)c(OC)c(OC)c3)cncc2c1NC(=O)CN. The zero-order valence-corrected chi connectivity index (χ0v) is 18.4. The van der Waals surface area contributed by atoms with E-state index < -0.39 is 0 Å². The van der Waals surface area contributed by atoms with E-state index in [2.05, 4.69) is 10.3 Å². The number of carbonyl (C=O) groups excluding carboxylic acids is 2. The molecule has 0 radical (unpaired) electrons. The van der Waals surface area contributed by atoms with Crippen LogP contribution in [0.4, 0.5) is 5.69 Å². The fraction of sp³-hybridized carbons (Fsp3) is 0.292. The summed E-state index contributed by atoms with van der Waals surface area (Å²) in [5, 5.41) is 3.89. The number of methoxy groups -OCH3 is 3. The molecule has 3 aromatic rings. The third-order valence-electron chi connectivity index (χ3n) is 4.83. The van der Waals surface area contributed by atoms with Gasteiger partial charge in [0.2, 0.25) is 11.7 Å². The second-order valence-corrected chi connectivity index (χ2v) is 6.65. The minimum atomic E-state index is -0.389. The summed E-state index contributed by atoms with van der Waals surface area (Å²) in [4.78, 5) is 29.7. The van der Waals surface area contributed by atoms with Crippen molar-refractivity contribution in [2.24, 2.45) is 5.73 Å². The number of benzene rings is 2. The Bertz CT molecular complexity index is 1140. The van der Waals surface area contributed by atoms with Crippen molar-refractivity contribution < 1.29 is 28.5 Å². The van der Waals surface area contributed by atoms with Crippen molar-refractivity contribution in [2.75, 3.05) is 39.8 Å². The largest absolute Gasteiger partial charge is 0.493 e. The maximum absolute atomic E-state index is 13.5. The number of nitrogens with one attached hydrogen (secondary N) is 1. The van der Waals surface area contributed by atoms with Gasteiger partial charge in [-0.15, -0.1) is 0 Å². The number of hydrogen-bond acceptors (Lipinski definition) is 8. The Morgan fingerprint density at radius 3 is 2.18 bits per heavy atom. The molecule has 0 aliphatic rings. The van der Waals surface area contributed by atoms with E-state index in [1.807, 2.05) is 6.92 Å². The average Bonchev–Trinajstić information content (AvgIpc) is 2.83. The molecule has 3 rings (SSSR count). The predicted octanol–water partition coefficient (Wildman–Crippen LogP) is 3.42. The second-order valence-electron chi connectivity index (χ2n) is 6.65. The van der Waals surface area contributed by atoms with Crippen LogP contribution in [-0.4, -0.2) is 51.2 Å². The number of anilines is 1. The first kappa shape index (κ1) is 25.4. The number of nitrogens with zero attached hydrogens (tertiary/aromatic N) is 1. The Kier molecular flexibility index (Phi) is 8.58. The van der Waals surface area contributed by atoms with E-state index in [1.54, 1.807) is 30.5 Å². The number of carbonyl (C=O) groups is 2. The van der Waals surface area contributed by atoms with E-state index in [-0.39, 0.29) is 25.7 Å². The lowest BCUT2D eigenvalue weighted by Crippen LogP contribution is -2.22. The standard InChI is InChI=1S/C23H25N3O6.CH4/c1-5-32-17-7-6-14-15(21(17)26-20(27)10-24)11-25-12-16(14)22(28)13-8-18(29-2)23(31-4)19(9-13)30-3;/h6-9,11-12H,5,10,24H2,1-4H3,(H,26,27);1H4. The molecule has 0 saturated heterocycles. The Hall–Kier alpha value is -3.85. The number of pyridine rings is 1. The fourth-order valence-electron chi connectivity index (χ4n) is 3.37. The summed E-state index contributed by atoms with van der Waals surface area (Å²) < 4.78 is 21.7. The zero-order chi connectivity index (χ0) is 23.3. The molecule has 1 amide bonds. The maximum Gasteiger partial charge on any atom is 0.238 e. The van der Waals surface area contributed by atoms with Gasteiger partial charge in [0.05, 0.1) is 40.2 Å². The van der Waals surface area contributed by atoms with E-state index >= 15 is 0 Å². The number of hydrogen-bond donors (Lipinski definition) is 2. The number of ketones is 1. The van der Waals surface area contributed by atoms with Crippen LogP contribution in [0.3, 0.4) is 0 Å². The van der Waals surface area contributed by atoms with Crippen LogP contribution < -0.4 is 30.0 Å².